The molecule has 0 spiro atoms. The summed E-state index contributed by atoms with van der Waals surface area (Å²) in [5.41, 5.74) is 0.0559. The Balaban J connectivity index is 2.39. The van der Waals surface area contributed by atoms with Gasteiger partial charge in [0.1, 0.15) is 0 Å². The van der Waals surface area contributed by atoms with E-state index in [0.29, 0.717) is 31.1 Å². The number of hydrogen-bond acceptors (Lipinski definition) is 2. The molecule has 1 aliphatic rings. The number of aliphatic hydroxyl groups is 1. The molecule has 1 saturated heterocycles. The molecular weight excluding hydrogens is 279 g/mol. The topological polar surface area (TPSA) is 29.5 Å². The van der Waals surface area contributed by atoms with Crippen LogP contribution in [0.5, 0.6) is 0 Å². The van der Waals surface area contributed by atoms with Crippen molar-refractivity contribution < 1.29 is 9.84 Å². The van der Waals surface area contributed by atoms with Crippen LogP contribution in [0.2, 0.25) is 5.02 Å². The third-order valence-electron chi connectivity index (χ3n) is 2.77. The summed E-state index contributed by atoms with van der Waals surface area (Å²) in [6.07, 6.45) is 1.23. The number of hydrogen-bond donors (Lipinski definition) is 1. The van der Waals surface area contributed by atoms with Crippen LogP contribution >= 0.6 is 27.5 Å². The van der Waals surface area contributed by atoms with Crippen LogP contribution in [0.1, 0.15) is 18.4 Å². The lowest BCUT2D eigenvalue weighted by molar-refractivity contribution is -0.0683. The molecule has 0 aromatic heterocycles. The molecule has 1 aliphatic heterocycles. The predicted molar refractivity (Wildman–Crippen MR) is 63.1 cm³/mol. The lowest BCUT2D eigenvalue weighted by atomic mass is 9.86. The second kappa shape index (κ2) is 4.42. The van der Waals surface area contributed by atoms with Crippen LogP contribution < -0.4 is 0 Å². The van der Waals surface area contributed by atoms with Crippen molar-refractivity contribution in [3.63, 3.8) is 0 Å². The lowest BCUT2D eigenvalue weighted by Crippen LogP contribution is -2.33. The highest BCUT2D eigenvalue weighted by molar-refractivity contribution is 9.10. The Bertz CT molecular complexity index is 362. The third kappa shape index (κ3) is 2.21. The summed E-state index contributed by atoms with van der Waals surface area (Å²) in [5.74, 6) is 0. The average Bonchev–Trinajstić information content (AvgIpc) is 2.23. The highest BCUT2D eigenvalue weighted by Crippen LogP contribution is 2.38. The molecule has 82 valence electrons. The highest BCUT2D eigenvalue weighted by atomic mass is 79.9. The first-order valence-corrected chi connectivity index (χ1v) is 6.05. The van der Waals surface area contributed by atoms with Gasteiger partial charge in [-0.15, -0.1) is 0 Å². The van der Waals surface area contributed by atoms with Crippen LogP contribution in [0, 0.1) is 0 Å². The maximum Gasteiger partial charge on any atom is 0.0951 e. The standard InChI is InChI=1S/C11H12BrClO2/c12-10-8(2-1-3-9(10)13)11(14)4-6-15-7-5-11/h1-3,14H,4-7H2. The summed E-state index contributed by atoms with van der Waals surface area (Å²) in [6.45, 7) is 1.19. The van der Waals surface area contributed by atoms with Crippen molar-refractivity contribution in [3.8, 4) is 0 Å². The number of halogens is 2. The van der Waals surface area contributed by atoms with Crippen LogP contribution in [0.15, 0.2) is 22.7 Å². The minimum Gasteiger partial charge on any atom is -0.385 e. The minimum absolute atomic E-state index is 0.593. The first kappa shape index (κ1) is 11.4. The minimum atomic E-state index is -0.804. The quantitative estimate of drug-likeness (QED) is 0.861. The van der Waals surface area contributed by atoms with E-state index >= 15 is 0 Å². The Morgan fingerprint density at radius 2 is 2.00 bits per heavy atom. The predicted octanol–water partition coefficient (Wildman–Crippen LogP) is 3.10. The van der Waals surface area contributed by atoms with Crippen molar-refractivity contribution in [1.82, 2.24) is 0 Å². The summed E-state index contributed by atoms with van der Waals surface area (Å²) < 4.78 is 6.04. The number of benzene rings is 1. The van der Waals surface area contributed by atoms with Gasteiger partial charge in [-0.1, -0.05) is 23.7 Å². The molecule has 0 amide bonds. The van der Waals surface area contributed by atoms with Crippen LogP contribution in [0.3, 0.4) is 0 Å². The smallest absolute Gasteiger partial charge is 0.0951 e. The van der Waals surface area contributed by atoms with Gasteiger partial charge in [0.05, 0.1) is 10.6 Å². The molecule has 0 radical (unpaired) electrons. The molecule has 1 aromatic carbocycles. The zero-order valence-electron chi connectivity index (χ0n) is 8.17. The molecule has 15 heavy (non-hydrogen) atoms. The molecule has 0 unspecified atom stereocenters. The summed E-state index contributed by atoms with van der Waals surface area (Å²) in [5, 5.41) is 11.1. The molecule has 4 heteroatoms. The summed E-state index contributed by atoms with van der Waals surface area (Å²) in [7, 11) is 0. The van der Waals surface area contributed by atoms with Crippen molar-refractivity contribution >= 4 is 27.5 Å². The van der Waals surface area contributed by atoms with E-state index in [2.05, 4.69) is 15.9 Å². The second-order valence-electron chi connectivity index (χ2n) is 3.75. The van der Waals surface area contributed by atoms with Gasteiger partial charge in [0, 0.05) is 30.5 Å². The van der Waals surface area contributed by atoms with E-state index in [0.717, 1.165) is 10.0 Å². The first-order chi connectivity index (χ1) is 7.13. The van der Waals surface area contributed by atoms with Crippen LogP contribution in [-0.4, -0.2) is 18.3 Å². The Morgan fingerprint density at radius 3 is 2.67 bits per heavy atom. The molecule has 0 saturated carbocycles. The number of rotatable bonds is 1. The van der Waals surface area contributed by atoms with Crippen LogP contribution in [0.4, 0.5) is 0 Å². The zero-order chi connectivity index (χ0) is 10.9. The average molecular weight is 292 g/mol. The molecule has 0 aliphatic carbocycles. The van der Waals surface area contributed by atoms with E-state index in [1.807, 2.05) is 12.1 Å². The summed E-state index contributed by atoms with van der Waals surface area (Å²) >= 11 is 9.42. The molecule has 0 atom stereocenters. The Kier molecular flexibility index (Phi) is 3.36. The van der Waals surface area contributed by atoms with Crippen LogP contribution in [-0.2, 0) is 10.3 Å². The molecule has 1 fully saturated rings. The van der Waals surface area contributed by atoms with Gasteiger partial charge in [0.25, 0.3) is 0 Å². The molecule has 2 rings (SSSR count). The molecule has 0 bridgehead atoms. The van der Waals surface area contributed by atoms with E-state index in [4.69, 9.17) is 16.3 Å². The maximum atomic E-state index is 10.5. The van der Waals surface area contributed by atoms with E-state index in [-0.39, 0.29) is 0 Å². The van der Waals surface area contributed by atoms with Crippen molar-refractivity contribution in [2.24, 2.45) is 0 Å². The third-order valence-corrected chi connectivity index (χ3v) is 4.17. The van der Waals surface area contributed by atoms with Gasteiger partial charge in [-0.05, 0) is 27.6 Å². The maximum absolute atomic E-state index is 10.5. The van der Waals surface area contributed by atoms with E-state index < -0.39 is 5.60 Å². The van der Waals surface area contributed by atoms with Crippen molar-refractivity contribution in [2.45, 2.75) is 18.4 Å². The van der Waals surface area contributed by atoms with Gasteiger partial charge in [-0.2, -0.15) is 0 Å². The van der Waals surface area contributed by atoms with Crippen molar-refractivity contribution in [1.29, 1.82) is 0 Å². The van der Waals surface area contributed by atoms with E-state index in [1.54, 1.807) is 6.07 Å². The molecule has 1 heterocycles. The zero-order valence-corrected chi connectivity index (χ0v) is 10.5. The fraction of sp³-hybridized carbons (Fsp3) is 0.455. The van der Waals surface area contributed by atoms with Gasteiger partial charge >= 0.3 is 0 Å². The van der Waals surface area contributed by atoms with Gasteiger partial charge in [-0.25, -0.2) is 0 Å². The monoisotopic (exact) mass is 290 g/mol. The van der Waals surface area contributed by atoms with Gasteiger partial charge in [0.2, 0.25) is 0 Å². The summed E-state index contributed by atoms with van der Waals surface area (Å²) in [4.78, 5) is 0. The summed E-state index contributed by atoms with van der Waals surface area (Å²) in [6, 6.07) is 5.56. The second-order valence-corrected chi connectivity index (χ2v) is 4.95. The molecule has 1 N–H and O–H groups in total. The highest BCUT2D eigenvalue weighted by Gasteiger charge is 2.33. The van der Waals surface area contributed by atoms with Crippen molar-refractivity contribution in [2.75, 3.05) is 13.2 Å². The Labute approximate surface area is 102 Å². The Morgan fingerprint density at radius 1 is 1.33 bits per heavy atom. The fourth-order valence-corrected chi connectivity index (χ4v) is 2.65. The van der Waals surface area contributed by atoms with Gasteiger partial charge in [0.15, 0.2) is 0 Å². The molecule has 1 aromatic rings. The van der Waals surface area contributed by atoms with Gasteiger partial charge < -0.3 is 9.84 Å². The van der Waals surface area contributed by atoms with Gasteiger partial charge in [-0.3, -0.25) is 0 Å². The molecular formula is C11H12BrClO2. The SMILES string of the molecule is OC1(c2cccc(Cl)c2Br)CCOCC1. The van der Waals surface area contributed by atoms with E-state index in [9.17, 15) is 5.11 Å². The van der Waals surface area contributed by atoms with Crippen LogP contribution in [0.25, 0.3) is 0 Å². The van der Waals surface area contributed by atoms with Crippen molar-refractivity contribution in [3.05, 3.63) is 33.3 Å². The largest absolute Gasteiger partial charge is 0.385 e. The Hall–Kier alpha value is -0.0900. The number of ether oxygens (including phenoxy) is 1. The first-order valence-electron chi connectivity index (χ1n) is 4.88. The normalized spacial score (nSPS) is 20.2. The molecule has 2 nitrogen and oxygen atoms in total. The lowest BCUT2D eigenvalue weighted by Gasteiger charge is -2.33. The van der Waals surface area contributed by atoms with E-state index in [1.165, 1.54) is 0 Å². The fourth-order valence-electron chi connectivity index (χ4n) is 1.84.